The van der Waals surface area contributed by atoms with Crippen LogP contribution in [0, 0.1) is 0 Å². The van der Waals surface area contributed by atoms with Crippen LogP contribution < -0.4 is 10.1 Å². The van der Waals surface area contributed by atoms with E-state index in [2.05, 4.69) is 5.32 Å². The molecule has 0 saturated carbocycles. The van der Waals surface area contributed by atoms with Crippen LogP contribution in [-0.4, -0.2) is 17.1 Å². The summed E-state index contributed by atoms with van der Waals surface area (Å²) in [5, 5.41) is 12.8. The Labute approximate surface area is 145 Å². The van der Waals surface area contributed by atoms with Crippen LogP contribution >= 0.6 is 23.2 Å². The summed E-state index contributed by atoms with van der Waals surface area (Å²) in [5.74, 6) is -0.171. The maximum atomic E-state index is 10.8. The van der Waals surface area contributed by atoms with Crippen molar-refractivity contribution in [2.45, 2.75) is 26.1 Å². The van der Waals surface area contributed by atoms with Crippen LogP contribution in [0.15, 0.2) is 42.5 Å². The lowest BCUT2D eigenvalue weighted by molar-refractivity contribution is -0.139. The largest absolute Gasteiger partial charge is 0.489 e. The number of carboxylic acid groups (broad SMARTS) is 1. The summed E-state index contributed by atoms with van der Waals surface area (Å²) < 4.78 is 5.74. The van der Waals surface area contributed by atoms with Gasteiger partial charge in [0.05, 0.1) is 10.0 Å². The minimum absolute atomic E-state index is 0.374. The number of carboxylic acids is 1. The first-order valence-electron chi connectivity index (χ1n) is 7.07. The number of nitrogens with one attached hydrogen (secondary N) is 1. The van der Waals surface area contributed by atoms with E-state index < -0.39 is 12.0 Å². The zero-order chi connectivity index (χ0) is 16.8. The molecule has 0 heterocycles. The molecule has 2 aromatic rings. The van der Waals surface area contributed by atoms with Crippen LogP contribution in [0.2, 0.25) is 10.0 Å². The molecular formula is C17H17Cl2NO3. The molecule has 0 amide bonds. The second kappa shape index (κ2) is 8.20. The minimum Gasteiger partial charge on any atom is -0.489 e. The van der Waals surface area contributed by atoms with Gasteiger partial charge < -0.3 is 15.2 Å². The number of ether oxygens (including phenoxy) is 1. The molecule has 1 atom stereocenters. The molecule has 0 aliphatic rings. The molecule has 6 heteroatoms. The summed E-state index contributed by atoms with van der Waals surface area (Å²) in [4.78, 5) is 10.8. The highest BCUT2D eigenvalue weighted by atomic mass is 35.5. The summed E-state index contributed by atoms with van der Waals surface area (Å²) in [6.07, 6.45) is 0. The van der Waals surface area contributed by atoms with E-state index in [1.54, 1.807) is 19.1 Å². The molecule has 4 nitrogen and oxygen atoms in total. The number of carbonyl (C=O) groups is 1. The fourth-order valence-electron chi connectivity index (χ4n) is 1.90. The number of benzene rings is 2. The first kappa shape index (κ1) is 17.6. The fraction of sp³-hybridized carbons (Fsp3) is 0.235. The normalized spacial score (nSPS) is 12.0. The topological polar surface area (TPSA) is 58.6 Å². The van der Waals surface area contributed by atoms with Gasteiger partial charge in [0.25, 0.3) is 0 Å². The maximum absolute atomic E-state index is 10.8. The molecule has 23 heavy (non-hydrogen) atoms. The van der Waals surface area contributed by atoms with Gasteiger partial charge in [-0.05, 0) is 42.3 Å². The van der Waals surface area contributed by atoms with Crippen LogP contribution in [-0.2, 0) is 17.9 Å². The number of aliphatic carboxylic acids is 1. The Morgan fingerprint density at radius 1 is 1.17 bits per heavy atom. The Morgan fingerprint density at radius 3 is 2.65 bits per heavy atom. The molecule has 0 spiro atoms. The van der Waals surface area contributed by atoms with Crippen molar-refractivity contribution in [3.63, 3.8) is 0 Å². The van der Waals surface area contributed by atoms with Crippen LogP contribution in [0.1, 0.15) is 18.1 Å². The zero-order valence-electron chi connectivity index (χ0n) is 12.6. The Morgan fingerprint density at radius 2 is 1.96 bits per heavy atom. The van der Waals surface area contributed by atoms with Crippen LogP contribution in [0.4, 0.5) is 0 Å². The third-order valence-corrected chi connectivity index (χ3v) is 4.01. The molecule has 2 rings (SSSR count). The Kier molecular flexibility index (Phi) is 6.28. The molecule has 2 N–H and O–H groups in total. The van der Waals surface area contributed by atoms with Gasteiger partial charge in [-0.1, -0.05) is 41.4 Å². The summed E-state index contributed by atoms with van der Waals surface area (Å²) in [6, 6.07) is 12.3. The molecule has 122 valence electrons. The van der Waals surface area contributed by atoms with Crippen molar-refractivity contribution in [1.82, 2.24) is 5.32 Å². The second-order valence-electron chi connectivity index (χ2n) is 5.13. The molecule has 0 aromatic heterocycles. The molecule has 1 unspecified atom stereocenters. The van der Waals surface area contributed by atoms with Crippen molar-refractivity contribution >= 4 is 29.2 Å². The number of rotatable bonds is 7. The van der Waals surface area contributed by atoms with Crippen molar-refractivity contribution in [1.29, 1.82) is 0 Å². The lowest BCUT2D eigenvalue weighted by Crippen LogP contribution is -2.33. The molecule has 2 aromatic carbocycles. The quantitative estimate of drug-likeness (QED) is 0.785. The van der Waals surface area contributed by atoms with E-state index in [4.69, 9.17) is 33.0 Å². The molecular weight excluding hydrogens is 337 g/mol. The van der Waals surface area contributed by atoms with Crippen LogP contribution in [0.3, 0.4) is 0 Å². The lowest BCUT2D eigenvalue weighted by Gasteiger charge is -2.11. The van der Waals surface area contributed by atoms with E-state index in [9.17, 15) is 4.79 Å². The first-order chi connectivity index (χ1) is 11.0. The summed E-state index contributed by atoms with van der Waals surface area (Å²) >= 11 is 11.9. The van der Waals surface area contributed by atoms with E-state index in [1.807, 2.05) is 30.3 Å². The predicted octanol–water partition coefficient (Wildman–Crippen LogP) is 4.14. The zero-order valence-corrected chi connectivity index (χ0v) is 14.1. The van der Waals surface area contributed by atoms with Gasteiger partial charge in [0.1, 0.15) is 18.4 Å². The minimum atomic E-state index is -0.878. The van der Waals surface area contributed by atoms with E-state index in [1.165, 1.54) is 0 Å². The van der Waals surface area contributed by atoms with Crippen molar-refractivity contribution < 1.29 is 14.6 Å². The van der Waals surface area contributed by atoms with E-state index in [0.717, 1.165) is 11.1 Å². The van der Waals surface area contributed by atoms with Crippen LogP contribution in [0.25, 0.3) is 0 Å². The Hall–Kier alpha value is -1.75. The Bertz CT molecular complexity index is 691. The first-order valence-corrected chi connectivity index (χ1v) is 7.83. The maximum Gasteiger partial charge on any atom is 0.320 e. The lowest BCUT2D eigenvalue weighted by atomic mass is 10.2. The van der Waals surface area contributed by atoms with Gasteiger partial charge in [-0.25, -0.2) is 0 Å². The van der Waals surface area contributed by atoms with Crippen LogP contribution in [0.5, 0.6) is 5.75 Å². The van der Waals surface area contributed by atoms with Crippen molar-refractivity contribution in [2.75, 3.05) is 0 Å². The molecule has 0 bridgehead atoms. The average Bonchev–Trinajstić information content (AvgIpc) is 2.54. The van der Waals surface area contributed by atoms with Gasteiger partial charge in [-0.2, -0.15) is 0 Å². The fourth-order valence-corrected chi connectivity index (χ4v) is 2.22. The van der Waals surface area contributed by atoms with Gasteiger partial charge in [0, 0.05) is 6.54 Å². The van der Waals surface area contributed by atoms with Crippen molar-refractivity contribution in [3.8, 4) is 5.75 Å². The van der Waals surface area contributed by atoms with Gasteiger partial charge >= 0.3 is 5.97 Å². The van der Waals surface area contributed by atoms with E-state index in [0.29, 0.717) is 28.9 Å². The molecule has 0 aliphatic carbocycles. The summed E-state index contributed by atoms with van der Waals surface area (Å²) in [6.45, 7) is 2.43. The monoisotopic (exact) mass is 353 g/mol. The van der Waals surface area contributed by atoms with Gasteiger partial charge in [0.15, 0.2) is 0 Å². The Balaban J connectivity index is 1.94. The summed E-state index contributed by atoms with van der Waals surface area (Å²) in [7, 11) is 0. The smallest absolute Gasteiger partial charge is 0.320 e. The number of hydrogen-bond acceptors (Lipinski definition) is 3. The highest BCUT2D eigenvalue weighted by Gasteiger charge is 2.09. The molecule has 0 radical (unpaired) electrons. The SMILES string of the molecule is CC(NCc1cccc(OCc2ccc(Cl)c(Cl)c2)c1)C(=O)O. The van der Waals surface area contributed by atoms with Gasteiger partial charge in [-0.3, -0.25) is 4.79 Å². The third kappa shape index (κ3) is 5.43. The number of hydrogen-bond donors (Lipinski definition) is 2. The summed E-state index contributed by atoms with van der Waals surface area (Å²) in [5.41, 5.74) is 1.87. The highest BCUT2D eigenvalue weighted by Crippen LogP contribution is 2.23. The van der Waals surface area contributed by atoms with Gasteiger partial charge in [0.2, 0.25) is 0 Å². The molecule has 0 aliphatic heterocycles. The van der Waals surface area contributed by atoms with Crippen molar-refractivity contribution in [3.05, 3.63) is 63.6 Å². The third-order valence-electron chi connectivity index (χ3n) is 3.27. The molecule has 0 saturated heterocycles. The van der Waals surface area contributed by atoms with Crippen molar-refractivity contribution in [2.24, 2.45) is 0 Å². The number of halogens is 2. The predicted molar refractivity (Wildman–Crippen MR) is 91.2 cm³/mol. The van der Waals surface area contributed by atoms with E-state index >= 15 is 0 Å². The van der Waals surface area contributed by atoms with Gasteiger partial charge in [-0.15, -0.1) is 0 Å². The highest BCUT2D eigenvalue weighted by molar-refractivity contribution is 6.42. The van der Waals surface area contributed by atoms with E-state index in [-0.39, 0.29) is 0 Å². The average molecular weight is 354 g/mol. The second-order valence-corrected chi connectivity index (χ2v) is 5.94. The standard InChI is InChI=1S/C17H17Cl2NO3/c1-11(17(21)22)20-9-12-3-2-4-14(7-12)23-10-13-5-6-15(18)16(19)8-13/h2-8,11,20H,9-10H2,1H3,(H,21,22). The molecule has 0 fully saturated rings.